The quantitative estimate of drug-likeness (QED) is 0.277. The lowest BCUT2D eigenvalue weighted by Crippen LogP contribution is -2.12. The highest BCUT2D eigenvalue weighted by molar-refractivity contribution is 5.97. The van der Waals surface area contributed by atoms with Crippen molar-refractivity contribution in [2.45, 2.75) is 33.6 Å². The average Bonchev–Trinajstić information content (AvgIpc) is 2.33. The van der Waals surface area contributed by atoms with Gasteiger partial charge in [-0.05, 0) is 42.5 Å². The molecular formula is C14H22N2O2. The summed E-state index contributed by atoms with van der Waals surface area (Å²) in [6.45, 7) is 7.37. The number of benzene rings is 1. The third-order valence-corrected chi connectivity index (χ3v) is 2.60. The first-order valence-corrected chi connectivity index (χ1v) is 6.13. The minimum absolute atomic E-state index is 0.106. The molecule has 18 heavy (non-hydrogen) atoms. The molecule has 100 valence electrons. The van der Waals surface area contributed by atoms with Gasteiger partial charge < -0.3 is 15.7 Å². The zero-order valence-corrected chi connectivity index (χ0v) is 11.3. The molecule has 0 unspecified atom stereocenters. The fourth-order valence-corrected chi connectivity index (χ4v) is 1.57. The molecule has 0 aliphatic heterocycles. The standard InChI is InChI=1S/C14H22N2O2/c1-14(2,3)9-4-10-18-12-7-5-11(6-8-12)13(15)16-17/h5-8,17H,4,9-10H2,1-3H3,(H2,15,16). The van der Waals surface area contributed by atoms with Crippen LogP contribution in [0.1, 0.15) is 39.2 Å². The van der Waals surface area contributed by atoms with E-state index in [2.05, 4.69) is 25.9 Å². The van der Waals surface area contributed by atoms with E-state index in [0.29, 0.717) is 17.6 Å². The van der Waals surface area contributed by atoms with Crippen molar-refractivity contribution in [3.8, 4) is 5.75 Å². The van der Waals surface area contributed by atoms with Gasteiger partial charge in [0.25, 0.3) is 0 Å². The molecular weight excluding hydrogens is 228 g/mol. The number of rotatable bonds is 5. The first kappa shape index (κ1) is 14.4. The number of ether oxygens (including phenoxy) is 1. The summed E-state index contributed by atoms with van der Waals surface area (Å²) in [4.78, 5) is 0. The Morgan fingerprint density at radius 2 is 1.89 bits per heavy atom. The Kier molecular flexibility index (Phi) is 5.01. The van der Waals surface area contributed by atoms with Crippen molar-refractivity contribution in [3.05, 3.63) is 29.8 Å². The van der Waals surface area contributed by atoms with E-state index in [1.54, 1.807) is 12.1 Å². The van der Waals surface area contributed by atoms with Crippen LogP contribution in [-0.2, 0) is 0 Å². The van der Waals surface area contributed by atoms with Gasteiger partial charge in [0.1, 0.15) is 5.75 Å². The van der Waals surface area contributed by atoms with Crippen LogP contribution in [0.5, 0.6) is 5.75 Å². The maximum Gasteiger partial charge on any atom is 0.170 e. The van der Waals surface area contributed by atoms with Gasteiger partial charge in [-0.15, -0.1) is 0 Å². The Labute approximate surface area is 108 Å². The highest BCUT2D eigenvalue weighted by Crippen LogP contribution is 2.21. The second kappa shape index (κ2) is 6.28. The molecule has 0 saturated carbocycles. The number of hydrogen-bond acceptors (Lipinski definition) is 3. The molecule has 0 aromatic heterocycles. The van der Waals surface area contributed by atoms with Crippen LogP contribution in [0.2, 0.25) is 0 Å². The summed E-state index contributed by atoms with van der Waals surface area (Å²) >= 11 is 0. The van der Waals surface area contributed by atoms with Gasteiger partial charge in [0, 0.05) is 5.56 Å². The van der Waals surface area contributed by atoms with Crippen molar-refractivity contribution < 1.29 is 9.94 Å². The van der Waals surface area contributed by atoms with Crippen LogP contribution in [0.3, 0.4) is 0 Å². The molecule has 0 aliphatic rings. The summed E-state index contributed by atoms with van der Waals surface area (Å²) in [5, 5.41) is 11.5. The Balaban J connectivity index is 2.40. The molecule has 0 amide bonds. The highest BCUT2D eigenvalue weighted by Gasteiger charge is 2.09. The molecule has 3 N–H and O–H groups in total. The third-order valence-electron chi connectivity index (χ3n) is 2.60. The largest absolute Gasteiger partial charge is 0.494 e. The maximum absolute atomic E-state index is 8.54. The van der Waals surface area contributed by atoms with Crippen LogP contribution in [0.25, 0.3) is 0 Å². The minimum Gasteiger partial charge on any atom is -0.494 e. The van der Waals surface area contributed by atoms with E-state index in [0.717, 1.165) is 18.6 Å². The van der Waals surface area contributed by atoms with Gasteiger partial charge in [-0.2, -0.15) is 0 Å². The van der Waals surface area contributed by atoms with Crippen molar-refractivity contribution >= 4 is 5.84 Å². The zero-order chi connectivity index (χ0) is 13.6. The normalized spacial score (nSPS) is 12.5. The Bertz CT molecular complexity index is 391. The fraction of sp³-hybridized carbons (Fsp3) is 0.500. The lowest BCUT2D eigenvalue weighted by Gasteiger charge is -2.17. The van der Waals surface area contributed by atoms with Crippen LogP contribution in [-0.4, -0.2) is 17.6 Å². The van der Waals surface area contributed by atoms with E-state index >= 15 is 0 Å². The van der Waals surface area contributed by atoms with Gasteiger partial charge in [0.15, 0.2) is 5.84 Å². The van der Waals surface area contributed by atoms with E-state index in [-0.39, 0.29) is 5.84 Å². The second-order valence-corrected chi connectivity index (χ2v) is 5.52. The van der Waals surface area contributed by atoms with Gasteiger partial charge >= 0.3 is 0 Å². The number of nitrogens with zero attached hydrogens (tertiary/aromatic N) is 1. The number of nitrogens with two attached hydrogens (primary N) is 1. The van der Waals surface area contributed by atoms with Crippen molar-refractivity contribution in [1.82, 2.24) is 0 Å². The van der Waals surface area contributed by atoms with Crippen LogP contribution in [0, 0.1) is 5.41 Å². The van der Waals surface area contributed by atoms with Gasteiger partial charge in [-0.25, -0.2) is 0 Å². The molecule has 0 aliphatic carbocycles. The van der Waals surface area contributed by atoms with Gasteiger partial charge in [0.2, 0.25) is 0 Å². The number of oxime groups is 1. The summed E-state index contributed by atoms with van der Waals surface area (Å²) in [7, 11) is 0. The van der Waals surface area contributed by atoms with Gasteiger partial charge in [-0.1, -0.05) is 25.9 Å². The molecule has 0 spiro atoms. The molecule has 0 radical (unpaired) electrons. The van der Waals surface area contributed by atoms with E-state index in [1.807, 2.05) is 12.1 Å². The van der Waals surface area contributed by atoms with Crippen molar-refractivity contribution in [1.29, 1.82) is 0 Å². The maximum atomic E-state index is 8.54. The van der Waals surface area contributed by atoms with Crippen LogP contribution in [0.4, 0.5) is 0 Å². The highest BCUT2D eigenvalue weighted by atomic mass is 16.5. The zero-order valence-electron chi connectivity index (χ0n) is 11.3. The van der Waals surface area contributed by atoms with E-state index in [1.165, 1.54) is 0 Å². The van der Waals surface area contributed by atoms with Crippen molar-refractivity contribution in [2.24, 2.45) is 16.3 Å². The Morgan fingerprint density at radius 3 is 2.39 bits per heavy atom. The first-order chi connectivity index (χ1) is 8.42. The summed E-state index contributed by atoms with van der Waals surface area (Å²) in [5.74, 6) is 0.910. The summed E-state index contributed by atoms with van der Waals surface area (Å²) in [5.41, 5.74) is 6.50. The summed E-state index contributed by atoms with van der Waals surface area (Å²) in [6.07, 6.45) is 2.17. The van der Waals surface area contributed by atoms with Crippen molar-refractivity contribution in [3.63, 3.8) is 0 Å². The van der Waals surface area contributed by atoms with E-state index < -0.39 is 0 Å². The molecule has 0 bridgehead atoms. The monoisotopic (exact) mass is 250 g/mol. The second-order valence-electron chi connectivity index (χ2n) is 5.52. The predicted molar refractivity (Wildman–Crippen MR) is 73.1 cm³/mol. The number of hydrogen-bond donors (Lipinski definition) is 2. The summed E-state index contributed by atoms with van der Waals surface area (Å²) in [6, 6.07) is 7.19. The first-order valence-electron chi connectivity index (χ1n) is 6.13. The molecule has 4 nitrogen and oxygen atoms in total. The third kappa shape index (κ3) is 5.08. The van der Waals surface area contributed by atoms with Gasteiger partial charge in [-0.3, -0.25) is 0 Å². The molecule has 0 heterocycles. The van der Waals surface area contributed by atoms with Crippen LogP contribution in [0.15, 0.2) is 29.4 Å². The minimum atomic E-state index is 0.106. The molecule has 0 atom stereocenters. The molecule has 4 heteroatoms. The van der Waals surface area contributed by atoms with Crippen molar-refractivity contribution in [2.75, 3.05) is 6.61 Å². The Hall–Kier alpha value is -1.71. The molecule has 1 aromatic rings. The van der Waals surface area contributed by atoms with Crippen LogP contribution >= 0.6 is 0 Å². The lowest BCUT2D eigenvalue weighted by molar-refractivity contribution is 0.269. The molecule has 0 saturated heterocycles. The molecule has 1 rings (SSSR count). The summed E-state index contributed by atoms with van der Waals surface area (Å²) < 4.78 is 5.63. The lowest BCUT2D eigenvalue weighted by atomic mass is 9.91. The SMILES string of the molecule is CC(C)(C)CCCOc1ccc(/C(N)=N/O)cc1. The predicted octanol–water partition coefficient (Wildman–Crippen LogP) is 2.99. The average molecular weight is 250 g/mol. The molecule has 0 fully saturated rings. The number of amidine groups is 1. The van der Waals surface area contributed by atoms with E-state index in [9.17, 15) is 0 Å². The van der Waals surface area contributed by atoms with Gasteiger partial charge in [0.05, 0.1) is 6.61 Å². The smallest absolute Gasteiger partial charge is 0.170 e. The van der Waals surface area contributed by atoms with E-state index in [4.69, 9.17) is 15.7 Å². The molecule has 1 aromatic carbocycles. The Morgan fingerprint density at radius 1 is 1.28 bits per heavy atom. The topological polar surface area (TPSA) is 67.8 Å². The fourth-order valence-electron chi connectivity index (χ4n) is 1.57. The van der Waals surface area contributed by atoms with Crippen LogP contribution < -0.4 is 10.5 Å².